The summed E-state index contributed by atoms with van der Waals surface area (Å²) < 4.78 is 5.12. The summed E-state index contributed by atoms with van der Waals surface area (Å²) in [6.45, 7) is 4.29. The number of anilines is 3. The second kappa shape index (κ2) is 5.61. The molecule has 0 aromatic carbocycles. The van der Waals surface area contributed by atoms with E-state index in [9.17, 15) is 0 Å². The van der Waals surface area contributed by atoms with Crippen molar-refractivity contribution in [2.75, 3.05) is 10.6 Å². The monoisotopic (exact) mass is 285 g/mol. The van der Waals surface area contributed by atoms with Crippen LogP contribution in [0.25, 0.3) is 0 Å². The Labute approximate surface area is 121 Å². The summed E-state index contributed by atoms with van der Waals surface area (Å²) in [5.41, 5.74) is 1.82. The summed E-state index contributed by atoms with van der Waals surface area (Å²) >= 11 is 0. The van der Waals surface area contributed by atoms with Gasteiger partial charge in [-0.2, -0.15) is 10.1 Å². The highest BCUT2D eigenvalue weighted by Gasteiger charge is 2.04. The highest BCUT2D eigenvalue weighted by Crippen LogP contribution is 2.14. The average Bonchev–Trinajstić information content (AvgIpc) is 3.06. The van der Waals surface area contributed by atoms with Gasteiger partial charge in [0.15, 0.2) is 11.6 Å². The van der Waals surface area contributed by atoms with Gasteiger partial charge in [0.1, 0.15) is 5.82 Å². The van der Waals surface area contributed by atoms with E-state index in [0.29, 0.717) is 24.1 Å². The highest BCUT2D eigenvalue weighted by atomic mass is 16.5. The zero-order chi connectivity index (χ0) is 14.7. The molecule has 0 unspecified atom stereocenters. The van der Waals surface area contributed by atoms with Gasteiger partial charge in [-0.05, 0) is 19.9 Å². The van der Waals surface area contributed by atoms with Crippen LogP contribution in [0.15, 0.2) is 28.9 Å². The lowest BCUT2D eigenvalue weighted by atomic mass is 10.4. The minimum atomic E-state index is 0.478. The van der Waals surface area contributed by atoms with Crippen LogP contribution in [0.2, 0.25) is 0 Å². The van der Waals surface area contributed by atoms with Gasteiger partial charge >= 0.3 is 0 Å². The third-order valence-electron chi connectivity index (χ3n) is 2.72. The van der Waals surface area contributed by atoms with Crippen molar-refractivity contribution >= 4 is 17.6 Å². The topological polar surface area (TPSA) is 105 Å². The molecule has 0 bridgehead atoms. The smallest absolute Gasteiger partial charge is 0.224 e. The number of H-pyrrole nitrogens is 1. The van der Waals surface area contributed by atoms with Crippen LogP contribution in [-0.4, -0.2) is 25.3 Å². The largest absolute Gasteiger partial charge is 0.359 e. The first-order valence-electron chi connectivity index (χ1n) is 6.47. The SMILES string of the molecule is Cc1cc(CNc2nccc(Nc3cc(C)[nH]n3)n2)on1. The summed E-state index contributed by atoms with van der Waals surface area (Å²) in [5.74, 6) is 2.61. The average molecular weight is 285 g/mol. The lowest BCUT2D eigenvalue weighted by Gasteiger charge is -2.05. The van der Waals surface area contributed by atoms with Crippen LogP contribution in [-0.2, 0) is 6.54 Å². The maximum absolute atomic E-state index is 5.12. The Hall–Kier alpha value is -2.90. The molecule has 0 saturated heterocycles. The molecule has 0 aliphatic heterocycles. The zero-order valence-corrected chi connectivity index (χ0v) is 11.7. The Morgan fingerprint density at radius 3 is 2.86 bits per heavy atom. The maximum Gasteiger partial charge on any atom is 0.224 e. The molecule has 3 heterocycles. The number of aryl methyl sites for hydroxylation is 2. The van der Waals surface area contributed by atoms with Crippen molar-refractivity contribution in [1.29, 1.82) is 0 Å². The van der Waals surface area contributed by atoms with Gasteiger partial charge in [-0.3, -0.25) is 5.10 Å². The molecule has 21 heavy (non-hydrogen) atoms. The van der Waals surface area contributed by atoms with E-state index >= 15 is 0 Å². The zero-order valence-electron chi connectivity index (χ0n) is 11.7. The van der Waals surface area contributed by atoms with Gasteiger partial charge in [-0.25, -0.2) is 4.98 Å². The molecule has 0 fully saturated rings. The Morgan fingerprint density at radius 2 is 2.14 bits per heavy atom. The summed E-state index contributed by atoms with van der Waals surface area (Å²) in [5, 5.41) is 17.0. The minimum Gasteiger partial charge on any atom is -0.359 e. The van der Waals surface area contributed by atoms with Crippen molar-refractivity contribution in [1.82, 2.24) is 25.3 Å². The van der Waals surface area contributed by atoms with E-state index in [4.69, 9.17) is 4.52 Å². The van der Waals surface area contributed by atoms with Crippen LogP contribution in [0.3, 0.4) is 0 Å². The number of aromatic amines is 1. The van der Waals surface area contributed by atoms with Gasteiger partial charge in [-0.15, -0.1) is 0 Å². The normalized spacial score (nSPS) is 10.6. The number of nitrogens with zero attached hydrogens (tertiary/aromatic N) is 4. The van der Waals surface area contributed by atoms with E-state index in [1.54, 1.807) is 12.3 Å². The second-order valence-electron chi connectivity index (χ2n) is 4.61. The van der Waals surface area contributed by atoms with Gasteiger partial charge in [0, 0.05) is 24.0 Å². The molecule has 0 saturated carbocycles. The van der Waals surface area contributed by atoms with Gasteiger partial charge in [-0.1, -0.05) is 5.16 Å². The van der Waals surface area contributed by atoms with Crippen LogP contribution < -0.4 is 10.6 Å². The molecule has 0 radical (unpaired) electrons. The first-order chi connectivity index (χ1) is 10.2. The molecule has 8 nitrogen and oxygen atoms in total. The summed E-state index contributed by atoms with van der Waals surface area (Å²) in [4.78, 5) is 8.51. The van der Waals surface area contributed by atoms with Gasteiger partial charge in [0.2, 0.25) is 5.95 Å². The van der Waals surface area contributed by atoms with E-state index in [0.717, 1.165) is 17.1 Å². The molecule has 0 aliphatic rings. The van der Waals surface area contributed by atoms with E-state index < -0.39 is 0 Å². The van der Waals surface area contributed by atoms with Crippen LogP contribution in [0, 0.1) is 13.8 Å². The van der Waals surface area contributed by atoms with Crippen LogP contribution >= 0.6 is 0 Å². The molecule has 0 atom stereocenters. The lowest BCUT2D eigenvalue weighted by molar-refractivity contribution is 0.384. The predicted molar refractivity (Wildman–Crippen MR) is 77.2 cm³/mol. The van der Waals surface area contributed by atoms with Crippen molar-refractivity contribution in [2.24, 2.45) is 0 Å². The number of nitrogens with one attached hydrogen (secondary N) is 3. The molecule has 108 valence electrons. The molecular formula is C13H15N7O. The maximum atomic E-state index is 5.12. The van der Waals surface area contributed by atoms with Crippen molar-refractivity contribution < 1.29 is 4.52 Å². The van der Waals surface area contributed by atoms with Gasteiger partial charge in [0.05, 0.1) is 12.2 Å². The fourth-order valence-corrected chi connectivity index (χ4v) is 1.79. The number of hydrogen-bond acceptors (Lipinski definition) is 7. The van der Waals surface area contributed by atoms with Crippen molar-refractivity contribution in [2.45, 2.75) is 20.4 Å². The van der Waals surface area contributed by atoms with Gasteiger partial charge in [0.25, 0.3) is 0 Å². The first kappa shape index (κ1) is 13.1. The van der Waals surface area contributed by atoms with Crippen LogP contribution in [0.4, 0.5) is 17.6 Å². The second-order valence-corrected chi connectivity index (χ2v) is 4.61. The van der Waals surface area contributed by atoms with Crippen LogP contribution in [0.1, 0.15) is 17.1 Å². The molecule has 3 aromatic rings. The molecule has 3 N–H and O–H groups in total. The Kier molecular flexibility index (Phi) is 3.50. The third kappa shape index (κ3) is 3.35. The number of hydrogen-bond donors (Lipinski definition) is 3. The summed E-state index contributed by atoms with van der Waals surface area (Å²) in [7, 11) is 0. The number of aromatic nitrogens is 5. The van der Waals surface area contributed by atoms with Crippen molar-refractivity contribution in [3.05, 3.63) is 41.5 Å². The first-order valence-corrected chi connectivity index (χ1v) is 6.47. The molecule has 3 aromatic heterocycles. The highest BCUT2D eigenvalue weighted by molar-refractivity contribution is 5.52. The fourth-order valence-electron chi connectivity index (χ4n) is 1.79. The van der Waals surface area contributed by atoms with E-state index in [-0.39, 0.29) is 0 Å². The Morgan fingerprint density at radius 1 is 1.24 bits per heavy atom. The molecule has 0 aliphatic carbocycles. The molecule has 8 heteroatoms. The Balaban J connectivity index is 1.65. The summed E-state index contributed by atoms with van der Waals surface area (Å²) in [6.07, 6.45) is 1.67. The molecule has 3 rings (SSSR count). The van der Waals surface area contributed by atoms with E-state index in [1.165, 1.54) is 0 Å². The standard InChI is InChI=1S/C13H15N7O/c1-8-6-12(19-18-8)16-11-3-4-14-13(17-11)15-7-10-5-9(2)20-21-10/h3-6H,7H2,1-2H3,(H3,14,15,16,17,18,19). The minimum absolute atomic E-state index is 0.478. The Bertz CT molecular complexity index is 733. The molecular weight excluding hydrogens is 270 g/mol. The van der Waals surface area contributed by atoms with E-state index in [2.05, 4.69) is 36.0 Å². The number of rotatable bonds is 5. The van der Waals surface area contributed by atoms with Crippen LogP contribution in [0.5, 0.6) is 0 Å². The van der Waals surface area contributed by atoms with E-state index in [1.807, 2.05) is 26.0 Å². The van der Waals surface area contributed by atoms with Crippen molar-refractivity contribution in [3.8, 4) is 0 Å². The summed E-state index contributed by atoms with van der Waals surface area (Å²) in [6, 6.07) is 5.53. The third-order valence-corrected chi connectivity index (χ3v) is 2.72. The lowest BCUT2D eigenvalue weighted by Crippen LogP contribution is -2.04. The van der Waals surface area contributed by atoms with Crippen molar-refractivity contribution in [3.63, 3.8) is 0 Å². The molecule has 0 spiro atoms. The fraction of sp³-hybridized carbons (Fsp3) is 0.231. The van der Waals surface area contributed by atoms with Gasteiger partial charge < -0.3 is 15.2 Å². The predicted octanol–water partition coefficient (Wildman–Crippen LogP) is 2.16. The quantitative estimate of drug-likeness (QED) is 0.659. The molecule has 0 amide bonds.